The summed E-state index contributed by atoms with van der Waals surface area (Å²) in [5.41, 5.74) is 6.53. The van der Waals surface area contributed by atoms with Crippen molar-refractivity contribution in [3.05, 3.63) is 11.1 Å². The molecular weight excluding hydrogens is 271 g/mol. The Morgan fingerprint density at radius 1 is 1.40 bits per heavy atom. The van der Waals surface area contributed by atoms with E-state index in [9.17, 15) is 0 Å². The SMILES string of the molecule is CCC(C)(C)C(=[N-])[NH-].[Rb+].[Rb+]. The molecule has 0 rings (SSSR count). The van der Waals surface area contributed by atoms with Crippen LogP contribution >= 0.6 is 0 Å². The van der Waals surface area contributed by atoms with E-state index in [-0.39, 0.29) is 128 Å². The quantitative estimate of drug-likeness (QED) is 0.372. The third-order valence-corrected chi connectivity index (χ3v) is 1.52. The van der Waals surface area contributed by atoms with Crippen molar-refractivity contribution in [2.75, 3.05) is 0 Å². The molecule has 1 N–H and O–H groups in total. The van der Waals surface area contributed by atoms with Gasteiger partial charge in [0, 0.05) is 0 Å². The summed E-state index contributed by atoms with van der Waals surface area (Å²) in [5.74, 6) is -0.222. The van der Waals surface area contributed by atoms with Crippen LogP contribution in [0.2, 0.25) is 0 Å². The Bertz CT molecular complexity index is 102. The maximum absolute atomic E-state index is 8.66. The molecule has 0 saturated carbocycles. The summed E-state index contributed by atoms with van der Waals surface area (Å²) in [5, 5.41) is 8.66. The topological polar surface area (TPSA) is 46.1 Å². The fraction of sp³-hybridized carbons (Fsp3) is 0.833. The summed E-state index contributed by atoms with van der Waals surface area (Å²) in [4.78, 5) is 0. The van der Waals surface area contributed by atoms with Gasteiger partial charge in [-0.3, -0.25) is 0 Å². The molecule has 10 heavy (non-hydrogen) atoms. The van der Waals surface area contributed by atoms with Crippen LogP contribution in [0.4, 0.5) is 0 Å². The van der Waals surface area contributed by atoms with E-state index in [2.05, 4.69) is 0 Å². The molecular formula is C6H12N2Rb2. The largest absolute Gasteiger partial charge is 1.00 e. The normalized spacial score (nSPS) is 9.10. The fourth-order valence-electron chi connectivity index (χ4n) is 0.167. The van der Waals surface area contributed by atoms with Gasteiger partial charge in [-0.2, -0.15) is 0 Å². The molecule has 0 aliphatic rings. The van der Waals surface area contributed by atoms with Crippen molar-refractivity contribution in [3.8, 4) is 0 Å². The number of hydrogen-bond donors (Lipinski definition) is 0. The van der Waals surface area contributed by atoms with Gasteiger partial charge in [-0.25, -0.2) is 0 Å². The third kappa shape index (κ3) is 7.72. The Labute approximate surface area is 161 Å². The van der Waals surface area contributed by atoms with E-state index in [1.807, 2.05) is 20.8 Å². The van der Waals surface area contributed by atoms with E-state index in [1.165, 1.54) is 0 Å². The van der Waals surface area contributed by atoms with E-state index in [1.54, 1.807) is 0 Å². The second kappa shape index (κ2) is 8.67. The first-order valence-corrected chi connectivity index (χ1v) is 2.78. The number of amidine groups is 1. The molecule has 48 valence electrons. The first kappa shape index (κ1) is 18.8. The van der Waals surface area contributed by atoms with Crippen LogP contribution in [0, 0.1) is 5.41 Å². The minimum absolute atomic E-state index is 0. The monoisotopic (exact) mass is 282 g/mol. The van der Waals surface area contributed by atoms with E-state index < -0.39 is 0 Å². The van der Waals surface area contributed by atoms with Gasteiger partial charge in [0.15, 0.2) is 0 Å². The van der Waals surface area contributed by atoms with Gasteiger partial charge >= 0.3 is 116 Å². The van der Waals surface area contributed by atoms with Gasteiger partial charge in [0.05, 0.1) is 0 Å². The smallest absolute Gasteiger partial charge is 0.828 e. The van der Waals surface area contributed by atoms with Crippen LogP contribution in [0.3, 0.4) is 0 Å². The average Bonchev–Trinajstić information content (AvgIpc) is 1.67. The fourth-order valence-corrected chi connectivity index (χ4v) is 0.167. The van der Waals surface area contributed by atoms with Crippen LogP contribution < -0.4 is 116 Å². The van der Waals surface area contributed by atoms with Crippen molar-refractivity contribution in [1.82, 2.24) is 0 Å². The van der Waals surface area contributed by atoms with Crippen molar-refractivity contribution in [2.45, 2.75) is 27.2 Å². The minimum Gasteiger partial charge on any atom is -0.828 e. The molecule has 0 fully saturated rings. The zero-order valence-electron chi connectivity index (χ0n) is 7.65. The summed E-state index contributed by atoms with van der Waals surface area (Å²) in [7, 11) is 0. The number of rotatable bonds is 2. The van der Waals surface area contributed by atoms with E-state index in [0.29, 0.717) is 0 Å². The molecule has 0 aromatic rings. The minimum atomic E-state index is -0.319. The zero-order valence-corrected chi connectivity index (χ0v) is 17.5. The van der Waals surface area contributed by atoms with Crippen LogP contribution in [0.15, 0.2) is 0 Å². The summed E-state index contributed by atoms with van der Waals surface area (Å²) in [6.07, 6.45) is 0.808. The van der Waals surface area contributed by atoms with Crippen LogP contribution in [0.1, 0.15) is 27.2 Å². The molecule has 0 spiro atoms. The van der Waals surface area contributed by atoms with Crippen LogP contribution in [0.25, 0.3) is 11.1 Å². The molecule has 0 bridgehead atoms. The number of nitrogens with zero attached hydrogens (tertiary/aromatic N) is 1. The Morgan fingerprint density at radius 2 is 1.70 bits per heavy atom. The van der Waals surface area contributed by atoms with Crippen molar-refractivity contribution < 1.29 is 116 Å². The molecule has 0 saturated heterocycles. The average molecular weight is 283 g/mol. The van der Waals surface area contributed by atoms with Crippen LogP contribution in [0.5, 0.6) is 0 Å². The summed E-state index contributed by atoms with van der Waals surface area (Å²) in [6.45, 7) is 5.63. The van der Waals surface area contributed by atoms with Crippen LogP contribution in [-0.2, 0) is 0 Å². The Hall–Kier alpha value is 3.08. The van der Waals surface area contributed by atoms with Crippen molar-refractivity contribution in [2.24, 2.45) is 5.41 Å². The Kier molecular flexibility index (Phi) is 16.3. The molecule has 0 heterocycles. The van der Waals surface area contributed by atoms with Crippen molar-refractivity contribution in [3.63, 3.8) is 0 Å². The molecule has 0 aromatic carbocycles. The van der Waals surface area contributed by atoms with Gasteiger partial charge in [0.2, 0.25) is 0 Å². The molecule has 0 atom stereocenters. The molecule has 0 aliphatic heterocycles. The maximum Gasteiger partial charge on any atom is 1.00 e. The molecule has 0 amide bonds. The van der Waals surface area contributed by atoms with Gasteiger partial charge in [-0.05, 0) is 0 Å². The zero-order chi connectivity index (χ0) is 6.78. The third-order valence-electron chi connectivity index (χ3n) is 1.52. The van der Waals surface area contributed by atoms with Gasteiger partial charge in [0.25, 0.3) is 0 Å². The van der Waals surface area contributed by atoms with E-state index in [0.717, 1.165) is 6.42 Å². The molecule has 0 radical (unpaired) electrons. The van der Waals surface area contributed by atoms with E-state index in [4.69, 9.17) is 11.1 Å². The molecule has 4 heteroatoms. The maximum atomic E-state index is 8.66. The first-order valence-electron chi connectivity index (χ1n) is 2.78. The second-order valence-corrected chi connectivity index (χ2v) is 2.59. The second-order valence-electron chi connectivity index (χ2n) is 2.59. The molecule has 0 unspecified atom stereocenters. The van der Waals surface area contributed by atoms with Crippen molar-refractivity contribution in [1.29, 1.82) is 0 Å². The predicted molar refractivity (Wildman–Crippen MR) is 36.8 cm³/mol. The van der Waals surface area contributed by atoms with Crippen molar-refractivity contribution >= 4 is 5.84 Å². The van der Waals surface area contributed by atoms with E-state index >= 15 is 0 Å². The molecule has 2 nitrogen and oxygen atoms in total. The van der Waals surface area contributed by atoms with Gasteiger partial charge in [0.1, 0.15) is 0 Å². The summed E-state index contributed by atoms with van der Waals surface area (Å²) >= 11 is 0. The molecule has 0 aromatic heterocycles. The Balaban J connectivity index is -0.000000245. The standard InChI is InChI=1S/C6H12N2.2Rb/c1-4-6(2,3)5(7)8;;/h4H2,1-3H3,(H-2,7,8);;/q-2;2*+1. The predicted octanol–water partition coefficient (Wildman–Crippen LogP) is -3.55. The molecule has 0 aliphatic carbocycles. The summed E-state index contributed by atoms with van der Waals surface area (Å²) in [6, 6.07) is 0. The first-order chi connectivity index (χ1) is 3.50. The van der Waals surface area contributed by atoms with Gasteiger partial charge in [-0.1, -0.05) is 32.6 Å². The van der Waals surface area contributed by atoms with Crippen LogP contribution in [-0.4, -0.2) is 5.84 Å². The Morgan fingerprint density at radius 3 is 1.70 bits per heavy atom. The summed E-state index contributed by atoms with van der Waals surface area (Å²) < 4.78 is 0. The van der Waals surface area contributed by atoms with Gasteiger partial charge < -0.3 is 17.0 Å². The number of hydrogen-bond acceptors (Lipinski definition) is 0. The van der Waals surface area contributed by atoms with Gasteiger partial charge in [-0.15, -0.1) is 0 Å². The number of nitrogens with one attached hydrogen (secondary N) is 1.